The van der Waals surface area contributed by atoms with Gasteiger partial charge in [-0.2, -0.15) is 0 Å². The second-order valence-electron chi connectivity index (χ2n) is 4.86. The van der Waals surface area contributed by atoms with Crippen molar-refractivity contribution in [3.8, 4) is 0 Å². The molecule has 17 heavy (non-hydrogen) atoms. The van der Waals surface area contributed by atoms with Crippen LogP contribution < -0.4 is 0 Å². The molecule has 0 N–H and O–H groups in total. The van der Waals surface area contributed by atoms with Crippen LogP contribution >= 0.6 is 43.5 Å². The van der Waals surface area contributed by atoms with E-state index in [1.165, 1.54) is 37.7 Å². The lowest BCUT2D eigenvalue weighted by atomic mass is 9.98. The van der Waals surface area contributed by atoms with Crippen LogP contribution in [0.2, 0.25) is 0 Å². The molecule has 0 radical (unpaired) electrons. The molecule has 1 unspecified atom stereocenters. The Kier molecular flexibility index (Phi) is 5.38. The summed E-state index contributed by atoms with van der Waals surface area (Å²) in [5, 5.41) is 0.127. The molecule has 1 atom stereocenters. The molecule has 1 aliphatic rings. The smallest absolute Gasteiger partial charge is 0.0596 e. The van der Waals surface area contributed by atoms with Gasteiger partial charge in [-0.05, 0) is 42.5 Å². The van der Waals surface area contributed by atoms with Crippen LogP contribution in [0, 0.1) is 5.92 Å². The van der Waals surface area contributed by atoms with Gasteiger partial charge in [0.2, 0.25) is 0 Å². The van der Waals surface area contributed by atoms with Crippen molar-refractivity contribution < 1.29 is 0 Å². The summed E-state index contributed by atoms with van der Waals surface area (Å²) < 4.78 is 2.22. The minimum Gasteiger partial charge on any atom is -0.118 e. The van der Waals surface area contributed by atoms with Crippen LogP contribution in [-0.4, -0.2) is 0 Å². The third kappa shape index (κ3) is 3.97. The van der Waals surface area contributed by atoms with Crippen molar-refractivity contribution in [1.29, 1.82) is 0 Å². The standard InChI is InChI=1S/C14H17Br2Cl/c15-11-6-7-13(16)12(9-11)14(17)8-5-10-3-1-2-4-10/h6-7,9-10,14H,1-5,8H2. The Morgan fingerprint density at radius 2 is 1.94 bits per heavy atom. The van der Waals surface area contributed by atoms with E-state index in [2.05, 4.69) is 44.0 Å². The predicted molar refractivity (Wildman–Crippen MR) is 81.6 cm³/mol. The predicted octanol–water partition coefficient (Wildman–Crippen LogP) is 6.46. The lowest BCUT2D eigenvalue weighted by molar-refractivity contribution is 0.479. The van der Waals surface area contributed by atoms with Gasteiger partial charge in [0.25, 0.3) is 0 Å². The van der Waals surface area contributed by atoms with Gasteiger partial charge < -0.3 is 0 Å². The summed E-state index contributed by atoms with van der Waals surface area (Å²) in [4.78, 5) is 0. The van der Waals surface area contributed by atoms with E-state index < -0.39 is 0 Å². The highest BCUT2D eigenvalue weighted by atomic mass is 79.9. The van der Waals surface area contributed by atoms with E-state index in [1.807, 2.05) is 6.07 Å². The molecule has 1 aromatic carbocycles. The first-order valence-electron chi connectivity index (χ1n) is 6.26. The molecule has 1 aliphatic carbocycles. The first kappa shape index (κ1) is 13.9. The quantitative estimate of drug-likeness (QED) is 0.526. The Morgan fingerprint density at radius 3 is 2.65 bits per heavy atom. The van der Waals surface area contributed by atoms with Crippen LogP contribution in [0.5, 0.6) is 0 Å². The average Bonchev–Trinajstić information content (AvgIpc) is 2.82. The maximum absolute atomic E-state index is 6.51. The van der Waals surface area contributed by atoms with Crippen LogP contribution in [0.4, 0.5) is 0 Å². The van der Waals surface area contributed by atoms with Crippen molar-refractivity contribution in [1.82, 2.24) is 0 Å². The summed E-state index contributed by atoms with van der Waals surface area (Å²) in [6.45, 7) is 0. The first-order chi connectivity index (χ1) is 8.16. The van der Waals surface area contributed by atoms with E-state index in [0.717, 1.165) is 21.3 Å². The van der Waals surface area contributed by atoms with Crippen molar-refractivity contribution in [2.24, 2.45) is 5.92 Å². The van der Waals surface area contributed by atoms with Gasteiger partial charge in [-0.3, -0.25) is 0 Å². The average molecular weight is 381 g/mol. The second kappa shape index (κ2) is 6.58. The van der Waals surface area contributed by atoms with E-state index >= 15 is 0 Å². The van der Waals surface area contributed by atoms with Crippen molar-refractivity contribution >= 4 is 43.5 Å². The van der Waals surface area contributed by atoms with Crippen LogP contribution in [0.3, 0.4) is 0 Å². The number of rotatable bonds is 4. The normalized spacial score (nSPS) is 18.5. The molecule has 94 valence electrons. The van der Waals surface area contributed by atoms with Crippen molar-refractivity contribution in [2.75, 3.05) is 0 Å². The van der Waals surface area contributed by atoms with Crippen LogP contribution in [0.1, 0.15) is 49.5 Å². The molecule has 0 bridgehead atoms. The van der Waals surface area contributed by atoms with Gasteiger partial charge in [0.1, 0.15) is 0 Å². The Hall–Kier alpha value is 0.470. The molecule has 0 saturated heterocycles. The Bertz CT molecular complexity index is 372. The first-order valence-corrected chi connectivity index (χ1v) is 8.28. The maximum atomic E-state index is 6.51. The Balaban J connectivity index is 1.93. The molecule has 0 aliphatic heterocycles. The monoisotopic (exact) mass is 378 g/mol. The number of alkyl halides is 1. The summed E-state index contributed by atoms with van der Waals surface area (Å²) in [5.41, 5.74) is 1.21. The van der Waals surface area contributed by atoms with Crippen LogP contribution in [0.25, 0.3) is 0 Å². The van der Waals surface area contributed by atoms with Gasteiger partial charge in [-0.15, -0.1) is 11.6 Å². The number of halogens is 3. The van der Waals surface area contributed by atoms with Crippen LogP contribution in [-0.2, 0) is 0 Å². The summed E-state index contributed by atoms with van der Waals surface area (Å²) >= 11 is 13.6. The van der Waals surface area contributed by atoms with Gasteiger partial charge in [0.05, 0.1) is 5.38 Å². The topological polar surface area (TPSA) is 0 Å². The third-order valence-electron chi connectivity index (χ3n) is 3.60. The van der Waals surface area contributed by atoms with Crippen molar-refractivity contribution in [3.63, 3.8) is 0 Å². The molecule has 1 saturated carbocycles. The van der Waals surface area contributed by atoms with Crippen molar-refractivity contribution in [2.45, 2.75) is 43.9 Å². The zero-order valence-electron chi connectivity index (χ0n) is 9.76. The minimum atomic E-state index is 0.127. The van der Waals surface area contributed by atoms with E-state index in [1.54, 1.807) is 0 Å². The zero-order valence-corrected chi connectivity index (χ0v) is 13.7. The molecule has 1 aromatic rings. The largest absolute Gasteiger partial charge is 0.118 e. The molecule has 3 heteroatoms. The molecule has 0 amide bonds. The van der Waals surface area contributed by atoms with Crippen LogP contribution in [0.15, 0.2) is 27.1 Å². The second-order valence-corrected chi connectivity index (χ2v) is 7.16. The fraction of sp³-hybridized carbons (Fsp3) is 0.571. The fourth-order valence-electron chi connectivity index (χ4n) is 2.59. The SMILES string of the molecule is ClC(CCC1CCCC1)c1cc(Br)ccc1Br. The van der Waals surface area contributed by atoms with E-state index in [9.17, 15) is 0 Å². The van der Waals surface area contributed by atoms with Gasteiger partial charge in [0.15, 0.2) is 0 Å². The lowest BCUT2D eigenvalue weighted by Gasteiger charge is -2.15. The van der Waals surface area contributed by atoms with E-state index in [-0.39, 0.29) is 5.38 Å². The molecule has 0 nitrogen and oxygen atoms in total. The summed E-state index contributed by atoms with van der Waals surface area (Å²) in [6.07, 6.45) is 8.00. The molecule has 0 heterocycles. The molecule has 0 aromatic heterocycles. The highest BCUT2D eigenvalue weighted by Gasteiger charge is 2.18. The maximum Gasteiger partial charge on any atom is 0.0596 e. The van der Waals surface area contributed by atoms with E-state index in [0.29, 0.717) is 0 Å². The van der Waals surface area contributed by atoms with Gasteiger partial charge >= 0.3 is 0 Å². The van der Waals surface area contributed by atoms with Gasteiger partial charge in [-0.1, -0.05) is 57.5 Å². The number of hydrogen-bond acceptors (Lipinski definition) is 0. The summed E-state index contributed by atoms with van der Waals surface area (Å²) in [7, 11) is 0. The molecule has 0 spiro atoms. The van der Waals surface area contributed by atoms with Gasteiger partial charge in [-0.25, -0.2) is 0 Å². The highest BCUT2D eigenvalue weighted by Crippen LogP contribution is 2.37. The molecular formula is C14H17Br2Cl. The summed E-state index contributed by atoms with van der Waals surface area (Å²) in [5.74, 6) is 0.919. The molecular weight excluding hydrogens is 363 g/mol. The van der Waals surface area contributed by atoms with Gasteiger partial charge in [0, 0.05) is 8.95 Å². The van der Waals surface area contributed by atoms with Crippen molar-refractivity contribution in [3.05, 3.63) is 32.7 Å². The van der Waals surface area contributed by atoms with E-state index in [4.69, 9.17) is 11.6 Å². The highest BCUT2D eigenvalue weighted by molar-refractivity contribution is 9.11. The number of benzene rings is 1. The minimum absolute atomic E-state index is 0.127. The molecule has 2 rings (SSSR count). The Morgan fingerprint density at radius 1 is 1.24 bits per heavy atom. The number of hydrogen-bond donors (Lipinski definition) is 0. The lowest BCUT2D eigenvalue weighted by Crippen LogP contribution is -1.98. The fourth-order valence-corrected chi connectivity index (χ4v) is 3.93. The Labute approximate surface area is 125 Å². The molecule has 1 fully saturated rings. The summed E-state index contributed by atoms with van der Waals surface area (Å²) in [6, 6.07) is 6.22. The third-order valence-corrected chi connectivity index (χ3v) is 5.27. The zero-order chi connectivity index (χ0) is 12.3.